The highest BCUT2D eigenvalue weighted by atomic mass is 19.3. The van der Waals surface area contributed by atoms with Crippen LogP contribution >= 0.6 is 0 Å². The normalized spacial score (nSPS) is 11.0. The Morgan fingerprint density at radius 1 is 1.30 bits per heavy atom. The van der Waals surface area contributed by atoms with Crippen molar-refractivity contribution in [2.24, 2.45) is 0 Å². The lowest BCUT2D eigenvalue weighted by atomic mass is 10.1. The van der Waals surface area contributed by atoms with Crippen molar-refractivity contribution in [2.75, 3.05) is 7.05 Å². The second kappa shape index (κ2) is 7.98. The number of rotatable bonds is 7. The molecule has 0 spiro atoms. The molecule has 0 atom stereocenters. The number of amides is 1. The lowest BCUT2D eigenvalue weighted by Gasteiger charge is -2.16. The summed E-state index contributed by atoms with van der Waals surface area (Å²) >= 11 is 0. The minimum atomic E-state index is -2.87. The van der Waals surface area contributed by atoms with Crippen LogP contribution in [0.2, 0.25) is 0 Å². The number of aromatic amines is 1. The first-order valence-corrected chi connectivity index (χ1v) is 8.34. The van der Waals surface area contributed by atoms with Crippen LogP contribution in [0.15, 0.2) is 42.6 Å². The molecule has 2 heterocycles. The summed E-state index contributed by atoms with van der Waals surface area (Å²) in [4.78, 5) is 14.2. The molecule has 0 bridgehead atoms. The van der Waals surface area contributed by atoms with Crippen LogP contribution in [0.5, 0.6) is 5.75 Å². The second-order valence-electron chi connectivity index (χ2n) is 5.87. The number of carbonyl (C=O) groups excluding carboxylic acids is 1. The number of aryl methyl sites for hydroxylation is 1. The van der Waals surface area contributed by atoms with E-state index in [9.17, 15) is 13.6 Å². The summed E-state index contributed by atoms with van der Waals surface area (Å²) < 4.78 is 30.6. The van der Waals surface area contributed by atoms with Crippen molar-refractivity contribution in [1.82, 2.24) is 24.9 Å². The Bertz CT molecular complexity index is 905. The lowest BCUT2D eigenvalue weighted by molar-refractivity contribution is -0.0498. The van der Waals surface area contributed by atoms with Crippen LogP contribution in [-0.2, 0) is 13.1 Å². The summed E-state index contributed by atoms with van der Waals surface area (Å²) in [6.45, 7) is 0.256. The van der Waals surface area contributed by atoms with Crippen molar-refractivity contribution in [1.29, 1.82) is 0 Å². The van der Waals surface area contributed by atoms with E-state index >= 15 is 0 Å². The molecule has 7 nitrogen and oxygen atoms in total. The summed E-state index contributed by atoms with van der Waals surface area (Å²) in [6.07, 6.45) is 1.70. The average Bonchev–Trinajstić information content (AvgIpc) is 3.30. The molecule has 2 aromatic heterocycles. The standard InChI is InChI=1S/C18H19F2N5O2/c1-3-25-13(8-9-21-25)11-24(2)17(26)16-10-15(22-23-16)12-4-6-14(7-5-12)27-18(19)20/h4-10,18H,3,11H2,1-2H3,(H,22,23). The van der Waals surface area contributed by atoms with Crippen molar-refractivity contribution < 1.29 is 18.3 Å². The first-order chi connectivity index (χ1) is 13.0. The van der Waals surface area contributed by atoms with E-state index in [0.717, 1.165) is 12.2 Å². The molecule has 1 aromatic carbocycles. The van der Waals surface area contributed by atoms with Gasteiger partial charge in [-0.1, -0.05) is 0 Å². The number of ether oxygens (including phenoxy) is 1. The van der Waals surface area contributed by atoms with Gasteiger partial charge in [-0.2, -0.15) is 19.0 Å². The van der Waals surface area contributed by atoms with Crippen molar-refractivity contribution in [3.8, 4) is 17.0 Å². The summed E-state index contributed by atoms with van der Waals surface area (Å²) in [5.74, 6) is -0.150. The third-order valence-corrected chi connectivity index (χ3v) is 4.03. The Kier molecular flexibility index (Phi) is 5.49. The molecular formula is C18H19F2N5O2. The zero-order valence-corrected chi connectivity index (χ0v) is 14.9. The van der Waals surface area contributed by atoms with Gasteiger partial charge in [-0.3, -0.25) is 14.6 Å². The number of hydrogen-bond donors (Lipinski definition) is 1. The Balaban J connectivity index is 1.70. The highest BCUT2D eigenvalue weighted by Gasteiger charge is 2.17. The molecule has 0 saturated heterocycles. The van der Waals surface area contributed by atoms with E-state index in [4.69, 9.17) is 0 Å². The average molecular weight is 375 g/mol. The number of nitrogens with zero attached hydrogens (tertiary/aromatic N) is 4. The van der Waals surface area contributed by atoms with Gasteiger partial charge in [-0.25, -0.2) is 0 Å². The number of H-pyrrole nitrogens is 1. The Labute approximate surface area is 154 Å². The number of carbonyl (C=O) groups is 1. The zero-order valence-electron chi connectivity index (χ0n) is 14.9. The molecule has 0 saturated carbocycles. The van der Waals surface area contributed by atoms with Crippen LogP contribution in [0.4, 0.5) is 8.78 Å². The fourth-order valence-electron chi connectivity index (χ4n) is 2.69. The van der Waals surface area contributed by atoms with Gasteiger partial charge in [-0.15, -0.1) is 0 Å². The van der Waals surface area contributed by atoms with E-state index in [0.29, 0.717) is 23.5 Å². The van der Waals surface area contributed by atoms with E-state index in [2.05, 4.69) is 20.0 Å². The summed E-state index contributed by atoms with van der Waals surface area (Å²) in [7, 11) is 1.70. The maximum absolute atomic E-state index is 12.6. The fourth-order valence-corrected chi connectivity index (χ4v) is 2.69. The zero-order chi connectivity index (χ0) is 19.4. The van der Waals surface area contributed by atoms with Crippen LogP contribution in [0.1, 0.15) is 23.1 Å². The summed E-state index contributed by atoms with van der Waals surface area (Å²) in [5.41, 5.74) is 2.48. The predicted molar refractivity (Wildman–Crippen MR) is 94.4 cm³/mol. The van der Waals surface area contributed by atoms with Crippen LogP contribution < -0.4 is 4.74 Å². The minimum Gasteiger partial charge on any atom is -0.435 e. The van der Waals surface area contributed by atoms with Gasteiger partial charge in [0.1, 0.15) is 11.4 Å². The van der Waals surface area contributed by atoms with E-state index in [1.807, 2.05) is 17.7 Å². The van der Waals surface area contributed by atoms with E-state index in [-0.39, 0.29) is 11.7 Å². The van der Waals surface area contributed by atoms with Crippen molar-refractivity contribution in [3.63, 3.8) is 0 Å². The van der Waals surface area contributed by atoms with Crippen molar-refractivity contribution in [2.45, 2.75) is 26.6 Å². The summed E-state index contributed by atoms with van der Waals surface area (Å²) in [5, 5.41) is 11.0. The molecule has 1 N–H and O–H groups in total. The molecule has 0 fully saturated rings. The van der Waals surface area contributed by atoms with Gasteiger partial charge in [-0.05, 0) is 43.3 Å². The van der Waals surface area contributed by atoms with Gasteiger partial charge < -0.3 is 9.64 Å². The van der Waals surface area contributed by atoms with Crippen molar-refractivity contribution in [3.05, 3.63) is 54.0 Å². The van der Waals surface area contributed by atoms with E-state index < -0.39 is 6.61 Å². The van der Waals surface area contributed by atoms with Crippen LogP contribution in [0.25, 0.3) is 11.3 Å². The number of hydrogen-bond acceptors (Lipinski definition) is 4. The number of alkyl halides is 2. The highest BCUT2D eigenvalue weighted by Crippen LogP contribution is 2.22. The molecule has 3 aromatic rings. The van der Waals surface area contributed by atoms with Crippen LogP contribution in [0.3, 0.4) is 0 Å². The SMILES string of the molecule is CCn1nccc1CN(C)C(=O)c1cc(-c2ccc(OC(F)F)cc2)n[nH]1. The quantitative estimate of drug-likeness (QED) is 0.688. The Hall–Kier alpha value is -3.23. The number of benzene rings is 1. The molecule has 3 rings (SSSR count). The Morgan fingerprint density at radius 3 is 2.70 bits per heavy atom. The maximum Gasteiger partial charge on any atom is 0.387 e. The molecule has 142 valence electrons. The predicted octanol–water partition coefficient (Wildman–Crippen LogP) is 3.17. The largest absolute Gasteiger partial charge is 0.435 e. The molecule has 0 aliphatic carbocycles. The third kappa shape index (κ3) is 4.30. The molecule has 0 radical (unpaired) electrons. The number of halogens is 2. The van der Waals surface area contributed by atoms with Gasteiger partial charge in [0.15, 0.2) is 0 Å². The highest BCUT2D eigenvalue weighted by molar-refractivity contribution is 5.93. The minimum absolute atomic E-state index is 0.0628. The molecule has 27 heavy (non-hydrogen) atoms. The monoisotopic (exact) mass is 375 g/mol. The lowest BCUT2D eigenvalue weighted by Crippen LogP contribution is -2.27. The first-order valence-electron chi connectivity index (χ1n) is 8.34. The number of aromatic nitrogens is 4. The van der Waals surface area contributed by atoms with Gasteiger partial charge in [0.05, 0.1) is 17.9 Å². The smallest absolute Gasteiger partial charge is 0.387 e. The van der Waals surface area contributed by atoms with Gasteiger partial charge in [0.2, 0.25) is 0 Å². The third-order valence-electron chi connectivity index (χ3n) is 4.03. The van der Waals surface area contributed by atoms with Crippen molar-refractivity contribution >= 4 is 5.91 Å². The molecule has 9 heteroatoms. The maximum atomic E-state index is 12.6. The van der Waals surface area contributed by atoms with Gasteiger partial charge >= 0.3 is 6.61 Å². The topological polar surface area (TPSA) is 76.0 Å². The molecule has 1 amide bonds. The molecule has 0 aliphatic rings. The Morgan fingerprint density at radius 2 is 2.04 bits per heavy atom. The van der Waals surface area contributed by atoms with Crippen LogP contribution in [0, 0.1) is 0 Å². The summed E-state index contributed by atoms with van der Waals surface area (Å²) in [6, 6.07) is 9.55. The molecule has 0 aliphatic heterocycles. The first kappa shape index (κ1) is 18.6. The fraction of sp³-hybridized carbons (Fsp3) is 0.278. The molecular weight excluding hydrogens is 356 g/mol. The number of nitrogens with one attached hydrogen (secondary N) is 1. The second-order valence-corrected chi connectivity index (χ2v) is 5.87. The molecule has 0 unspecified atom stereocenters. The van der Waals surface area contributed by atoms with E-state index in [1.165, 1.54) is 12.1 Å². The van der Waals surface area contributed by atoms with E-state index in [1.54, 1.807) is 36.3 Å². The van der Waals surface area contributed by atoms with Gasteiger partial charge in [0.25, 0.3) is 5.91 Å². The van der Waals surface area contributed by atoms with Gasteiger partial charge in [0, 0.05) is 25.4 Å². The van der Waals surface area contributed by atoms with Crippen LogP contribution in [-0.4, -0.2) is 44.4 Å².